The average Bonchev–Trinajstić information content (AvgIpc) is 2.79. The molecule has 6 heteroatoms. The molecule has 0 unspecified atom stereocenters. The predicted octanol–water partition coefficient (Wildman–Crippen LogP) is 4.54. The third-order valence-electron chi connectivity index (χ3n) is 7.07. The highest BCUT2D eigenvalue weighted by Gasteiger charge is 2.25. The number of aryl methyl sites for hydroxylation is 2. The smallest absolute Gasteiger partial charge is 0.124 e. The molecule has 0 amide bonds. The fourth-order valence-electron chi connectivity index (χ4n) is 5.47. The Hall–Kier alpha value is -2.83. The highest BCUT2D eigenvalue weighted by molar-refractivity contribution is 7.85. The molecule has 0 bridgehead atoms. The maximum Gasteiger partial charge on any atom is 0.124 e. The molecule has 2 aliphatic rings. The summed E-state index contributed by atoms with van der Waals surface area (Å²) in [5.74, 6) is -0.333. The minimum absolute atomic E-state index is 0.139. The number of rotatable bonds is 4. The van der Waals surface area contributed by atoms with Gasteiger partial charge in [0.25, 0.3) is 0 Å². The van der Waals surface area contributed by atoms with Gasteiger partial charge in [-0.15, -0.1) is 0 Å². The summed E-state index contributed by atoms with van der Waals surface area (Å²) >= 11 is 0. The van der Waals surface area contributed by atoms with Gasteiger partial charge in [-0.2, -0.15) is 0 Å². The number of benzene rings is 3. The molecule has 0 fully saturated rings. The van der Waals surface area contributed by atoms with Gasteiger partial charge in [0, 0.05) is 44.5 Å². The maximum absolute atomic E-state index is 12.2. The Labute approximate surface area is 196 Å². The summed E-state index contributed by atoms with van der Waals surface area (Å²) in [5, 5.41) is 0. The first-order valence-electron chi connectivity index (χ1n) is 11.6. The Morgan fingerprint density at radius 3 is 1.82 bits per heavy atom. The number of fused-ring (bicyclic) bond motifs is 2. The molecule has 0 aromatic heterocycles. The van der Waals surface area contributed by atoms with Gasteiger partial charge in [-0.1, -0.05) is 42.5 Å². The van der Waals surface area contributed by atoms with Crippen molar-refractivity contribution in [2.24, 2.45) is 0 Å². The van der Waals surface area contributed by atoms with Crippen LogP contribution in [0, 0.1) is 0 Å². The first-order valence-corrected chi connectivity index (χ1v) is 13.0. The Bertz CT molecular complexity index is 1240. The van der Waals surface area contributed by atoms with E-state index in [0.29, 0.717) is 5.56 Å². The van der Waals surface area contributed by atoms with E-state index < -0.39 is 10.1 Å². The van der Waals surface area contributed by atoms with Crippen molar-refractivity contribution >= 4 is 21.5 Å². The second-order valence-electron chi connectivity index (χ2n) is 9.25. The van der Waals surface area contributed by atoms with Crippen molar-refractivity contribution < 1.29 is 13.0 Å². The zero-order valence-corrected chi connectivity index (χ0v) is 19.9. The molecule has 0 saturated carbocycles. The predicted molar refractivity (Wildman–Crippen MR) is 131 cm³/mol. The van der Waals surface area contributed by atoms with Gasteiger partial charge in [-0.05, 0) is 71.7 Å². The zero-order chi connectivity index (χ0) is 23.2. The fourth-order valence-corrected chi connectivity index (χ4v) is 6.19. The van der Waals surface area contributed by atoms with Crippen LogP contribution in [0.3, 0.4) is 0 Å². The first-order chi connectivity index (χ1) is 15.8. The quantitative estimate of drug-likeness (QED) is 0.422. The summed E-state index contributed by atoms with van der Waals surface area (Å²) in [4.78, 5) is 4.39. The summed E-state index contributed by atoms with van der Waals surface area (Å²) in [7, 11) is -0.402. The van der Waals surface area contributed by atoms with Crippen molar-refractivity contribution in [2.75, 3.05) is 37.0 Å². The Balaban J connectivity index is 1.71. The van der Waals surface area contributed by atoms with Crippen LogP contribution in [0.15, 0.2) is 65.6 Å². The maximum atomic E-state index is 12.2. The number of hydrogen-bond donors (Lipinski definition) is 0. The van der Waals surface area contributed by atoms with Crippen LogP contribution in [0.25, 0.3) is 0 Å². The molecule has 0 radical (unpaired) electrons. The minimum atomic E-state index is -4.61. The molecule has 0 spiro atoms. The van der Waals surface area contributed by atoms with E-state index in [9.17, 15) is 13.0 Å². The number of anilines is 2. The van der Waals surface area contributed by atoms with Crippen LogP contribution in [0.1, 0.15) is 46.6 Å². The lowest BCUT2D eigenvalue weighted by atomic mass is 9.82. The van der Waals surface area contributed by atoms with E-state index >= 15 is 0 Å². The molecule has 5 nitrogen and oxygen atoms in total. The number of nitrogens with zero attached hydrogens (tertiary/aromatic N) is 2. The monoisotopic (exact) mass is 461 g/mol. The molecule has 3 aromatic carbocycles. The minimum Gasteiger partial charge on any atom is -0.744 e. The van der Waals surface area contributed by atoms with E-state index in [1.165, 1.54) is 28.6 Å². The van der Waals surface area contributed by atoms with Crippen molar-refractivity contribution in [2.45, 2.75) is 36.5 Å². The van der Waals surface area contributed by atoms with Crippen molar-refractivity contribution in [1.82, 2.24) is 0 Å². The fraction of sp³-hybridized carbons (Fsp3) is 0.333. The zero-order valence-electron chi connectivity index (χ0n) is 19.1. The summed E-state index contributed by atoms with van der Waals surface area (Å²) in [6.45, 7) is 2.07. The molecule has 33 heavy (non-hydrogen) atoms. The van der Waals surface area contributed by atoms with Crippen LogP contribution in [-0.2, 0) is 23.0 Å². The van der Waals surface area contributed by atoms with Gasteiger partial charge in [0.05, 0.1) is 4.90 Å². The molecule has 172 valence electrons. The topological polar surface area (TPSA) is 63.7 Å². The van der Waals surface area contributed by atoms with E-state index in [2.05, 4.69) is 60.3 Å². The van der Waals surface area contributed by atoms with E-state index in [0.717, 1.165) is 49.9 Å². The van der Waals surface area contributed by atoms with Crippen LogP contribution in [0.2, 0.25) is 0 Å². The van der Waals surface area contributed by atoms with Crippen LogP contribution >= 0.6 is 0 Å². The molecular formula is C27H29N2O3S-. The molecular weight excluding hydrogens is 432 g/mol. The van der Waals surface area contributed by atoms with E-state index in [1.54, 1.807) is 12.1 Å². The molecule has 2 aliphatic heterocycles. The third kappa shape index (κ3) is 4.13. The molecule has 3 aromatic rings. The van der Waals surface area contributed by atoms with Crippen LogP contribution in [-0.4, -0.2) is 40.2 Å². The second kappa shape index (κ2) is 8.50. The van der Waals surface area contributed by atoms with Crippen molar-refractivity contribution in [3.8, 4) is 0 Å². The lowest BCUT2D eigenvalue weighted by Crippen LogP contribution is -2.25. The molecule has 2 heterocycles. The van der Waals surface area contributed by atoms with Gasteiger partial charge in [0.1, 0.15) is 10.1 Å². The van der Waals surface area contributed by atoms with E-state index in [-0.39, 0.29) is 10.8 Å². The summed E-state index contributed by atoms with van der Waals surface area (Å²) in [6, 6.07) is 19.5. The molecule has 0 saturated heterocycles. The lowest BCUT2D eigenvalue weighted by Gasteiger charge is -2.31. The highest BCUT2D eigenvalue weighted by Crippen LogP contribution is 2.40. The van der Waals surface area contributed by atoms with Gasteiger partial charge in [-0.25, -0.2) is 8.42 Å². The van der Waals surface area contributed by atoms with Gasteiger partial charge in [0.2, 0.25) is 0 Å². The SMILES string of the molecule is CN1CCCc2cc(C(c3ccc4c(c3)CCCN4C)c3ccccc3S(=O)(=O)[O-])ccc21. The van der Waals surface area contributed by atoms with Gasteiger partial charge in [0.15, 0.2) is 0 Å². The molecule has 5 rings (SSSR count). The van der Waals surface area contributed by atoms with Crippen molar-refractivity contribution in [1.29, 1.82) is 0 Å². The van der Waals surface area contributed by atoms with Gasteiger partial charge >= 0.3 is 0 Å². The van der Waals surface area contributed by atoms with Crippen LogP contribution in [0.4, 0.5) is 11.4 Å². The lowest BCUT2D eigenvalue weighted by molar-refractivity contribution is 0.462. The average molecular weight is 462 g/mol. The highest BCUT2D eigenvalue weighted by atomic mass is 32.2. The summed E-state index contributed by atoms with van der Waals surface area (Å²) in [6.07, 6.45) is 4.18. The molecule has 0 atom stereocenters. The van der Waals surface area contributed by atoms with Gasteiger partial charge in [-0.3, -0.25) is 0 Å². The van der Waals surface area contributed by atoms with Gasteiger partial charge < -0.3 is 14.4 Å². The van der Waals surface area contributed by atoms with Crippen LogP contribution in [0.5, 0.6) is 0 Å². The van der Waals surface area contributed by atoms with E-state index in [4.69, 9.17) is 0 Å². The standard InChI is InChI=1S/C27H30N2O3S/c1-28-15-5-7-19-17-21(11-13-24(19)28)27(23-9-3-4-10-26(23)33(30,31)32)22-12-14-25-20(18-22)8-6-16-29(25)2/h3-4,9-14,17-18,27H,5-8,15-16H2,1-2H3,(H,30,31,32)/p-1. The first kappa shape index (κ1) is 22.0. The number of hydrogen-bond acceptors (Lipinski definition) is 5. The van der Waals surface area contributed by atoms with Crippen molar-refractivity contribution in [3.63, 3.8) is 0 Å². The Morgan fingerprint density at radius 1 is 0.788 bits per heavy atom. The van der Waals surface area contributed by atoms with E-state index in [1.807, 2.05) is 6.07 Å². The molecule has 0 aliphatic carbocycles. The summed E-state index contributed by atoms with van der Waals surface area (Å²) in [5.41, 5.74) is 7.56. The second-order valence-corrected chi connectivity index (χ2v) is 10.6. The van der Waals surface area contributed by atoms with Crippen molar-refractivity contribution in [3.05, 3.63) is 88.5 Å². The Morgan fingerprint density at radius 2 is 1.30 bits per heavy atom. The Kier molecular flexibility index (Phi) is 5.67. The van der Waals surface area contributed by atoms with Crippen LogP contribution < -0.4 is 9.80 Å². The third-order valence-corrected chi connectivity index (χ3v) is 7.99. The normalized spacial score (nSPS) is 16.0. The summed E-state index contributed by atoms with van der Waals surface area (Å²) < 4.78 is 36.6. The largest absolute Gasteiger partial charge is 0.744 e. The molecule has 0 N–H and O–H groups in total.